The lowest BCUT2D eigenvalue weighted by Gasteiger charge is -2.45. The average molecular weight is 258 g/mol. The van der Waals surface area contributed by atoms with Crippen LogP contribution in [-0.2, 0) is 11.3 Å². The van der Waals surface area contributed by atoms with Crippen LogP contribution in [0, 0.1) is 0 Å². The molecule has 1 aromatic rings. The Bertz CT molecular complexity index is 478. The second-order valence-corrected chi connectivity index (χ2v) is 5.49. The Morgan fingerprint density at radius 2 is 1.74 bits per heavy atom. The van der Waals surface area contributed by atoms with Gasteiger partial charge in [-0.15, -0.1) is 0 Å². The number of piperidine rings is 2. The van der Waals surface area contributed by atoms with Gasteiger partial charge in [0, 0.05) is 44.3 Å². The van der Waals surface area contributed by atoms with Crippen molar-refractivity contribution >= 4 is 11.5 Å². The molecule has 100 valence electrons. The number of hydrogen-bond donors (Lipinski definition) is 1. The lowest BCUT2D eigenvalue weighted by atomic mass is 9.82. The number of oxime groups is 1. The molecule has 19 heavy (non-hydrogen) atoms. The summed E-state index contributed by atoms with van der Waals surface area (Å²) in [6.07, 6.45) is 2.60. The van der Waals surface area contributed by atoms with Crippen LogP contribution in [0.25, 0.3) is 0 Å². The molecule has 2 heterocycles. The van der Waals surface area contributed by atoms with Crippen molar-refractivity contribution in [2.75, 3.05) is 0 Å². The highest BCUT2D eigenvalue weighted by Crippen LogP contribution is 2.32. The van der Waals surface area contributed by atoms with E-state index in [1.807, 2.05) is 18.2 Å². The summed E-state index contributed by atoms with van der Waals surface area (Å²) in [5.74, 6) is 0.344. The molecule has 1 aromatic carbocycles. The molecule has 2 atom stereocenters. The van der Waals surface area contributed by atoms with E-state index in [1.54, 1.807) is 0 Å². The van der Waals surface area contributed by atoms with Gasteiger partial charge in [-0.1, -0.05) is 35.5 Å². The van der Waals surface area contributed by atoms with Crippen molar-refractivity contribution in [3.63, 3.8) is 0 Å². The van der Waals surface area contributed by atoms with E-state index in [2.05, 4.69) is 22.2 Å². The van der Waals surface area contributed by atoms with Crippen molar-refractivity contribution in [3.8, 4) is 0 Å². The van der Waals surface area contributed by atoms with Crippen LogP contribution in [0.2, 0.25) is 0 Å². The minimum absolute atomic E-state index is 0.200. The fourth-order valence-electron chi connectivity index (χ4n) is 3.28. The Labute approximate surface area is 112 Å². The van der Waals surface area contributed by atoms with Gasteiger partial charge >= 0.3 is 0 Å². The van der Waals surface area contributed by atoms with Crippen LogP contribution >= 0.6 is 0 Å². The molecule has 2 fully saturated rings. The summed E-state index contributed by atoms with van der Waals surface area (Å²) in [4.78, 5) is 14.1. The maximum absolute atomic E-state index is 11.7. The number of Topliss-reactive ketones (excluding diaryl/α,β-unsaturated/α-hetero) is 1. The Hall–Kier alpha value is -1.68. The highest BCUT2D eigenvalue weighted by Gasteiger charge is 2.39. The van der Waals surface area contributed by atoms with Crippen LogP contribution in [-0.4, -0.2) is 33.7 Å². The SMILES string of the molecule is O=C1CC2CC(=NO)CC(C1)N2Cc1ccccc1. The summed E-state index contributed by atoms with van der Waals surface area (Å²) in [5, 5.41) is 12.3. The van der Waals surface area contributed by atoms with Gasteiger partial charge in [0.25, 0.3) is 0 Å². The molecule has 0 aliphatic carbocycles. The monoisotopic (exact) mass is 258 g/mol. The number of benzene rings is 1. The molecule has 0 aromatic heterocycles. The molecule has 3 rings (SSSR count). The van der Waals surface area contributed by atoms with Crippen LogP contribution < -0.4 is 0 Å². The second-order valence-electron chi connectivity index (χ2n) is 5.49. The zero-order valence-corrected chi connectivity index (χ0v) is 10.8. The Morgan fingerprint density at radius 3 is 2.32 bits per heavy atom. The normalized spacial score (nSPS) is 27.4. The fourth-order valence-corrected chi connectivity index (χ4v) is 3.28. The topological polar surface area (TPSA) is 52.9 Å². The molecule has 2 aliphatic heterocycles. The molecule has 0 spiro atoms. The second kappa shape index (κ2) is 5.13. The van der Waals surface area contributed by atoms with Crippen LogP contribution in [0.5, 0.6) is 0 Å². The third kappa shape index (κ3) is 2.54. The van der Waals surface area contributed by atoms with E-state index in [9.17, 15) is 4.79 Å². The van der Waals surface area contributed by atoms with E-state index in [1.165, 1.54) is 5.56 Å². The standard InChI is InChI=1S/C15H18N2O2/c18-15-8-13-6-12(16-19)7-14(9-15)17(13)10-11-4-2-1-3-5-11/h1-5,13-14,19H,6-10H2. The van der Waals surface area contributed by atoms with Crippen molar-refractivity contribution in [2.45, 2.75) is 44.3 Å². The molecule has 0 saturated carbocycles. The van der Waals surface area contributed by atoms with Crippen molar-refractivity contribution in [3.05, 3.63) is 35.9 Å². The quantitative estimate of drug-likeness (QED) is 0.653. The van der Waals surface area contributed by atoms with Gasteiger partial charge in [-0.2, -0.15) is 0 Å². The number of hydrogen-bond acceptors (Lipinski definition) is 4. The Balaban J connectivity index is 1.80. The number of carbonyl (C=O) groups excluding carboxylic acids is 1. The van der Waals surface area contributed by atoms with Gasteiger partial charge in [-0.25, -0.2) is 0 Å². The first-order valence-electron chi connectivity index (χ1n) is 6.77. The number of ketones is 1. The first-order chi connectivity index (χ1) is 9.26. The molecule has 0 radical (unpaired) electrons. The maximum atomic E-state index is 11.7. The summed E-state index contributed by atoms with van der Waals surface area (Å²) in [7, 11) is 0. The molecule has 2 saturated heterocycles. The molecule has 4 heteroatoms. The van der Waals surface area contributed by atoms with E-state index in [4.69, 9.17) is 5.21 Å². The molecule has 4 nitrogen and oxygen atoms in total. The lowest BCUT2D eigenvalue weighted by molar-refractivity contribution is -0.126. The van der Waals surface area contributed by atoms with E-state index >= 15 is 0 Å². The number of fused-ring (bicyclic) bond motifs is 2. The van der Waals surface area contributed by atoms with Gasteiger partial charge in [0.05, 0.1) is 5.71 Å². The van der Waals surface area contributed by atoms with Crippen LogP contribution in [0.3, 0.4) is 0 Å². The van der Waals surface area contributed by atoms with E-state index in [-0.39, 0.29) is 12.1 Å². The smallest absolute Gasteiger partial charge is 0.136 e. The minimum atomic E-state index is 0.200. The number of rotatable bonds is 2. The van der Waals surface area contributed by atoms with Gasteiger partial charge in [-0.3, -0.25) is 9.69 Å². The van der Waals surface area contributed by atoms with Gasteiger partial charge in [-0.05, 0) is 5.56 Å². The van der Waals surface area contributed by atoms with Gasteiger partial charge in [0.15, 0.2) is 0 Å². The molecule has 0 amide bonds. The zero-order valence-electron chi connectivity index (χ0n) is 10.8. The van der Waals surface area contributed by atoms with E-state index in [0.29, 0.717) is 31.5 Å². The molecular formula is C15H18N2O2. The minimum Gasteiger partial charge on any atom is -0.411 e. The Kier molecular flexibility index (Phi) is 3.34. The van der Waals surface area contributed by atoms with Crippen LogP contribution in [0.15, 0.2) is 35.5 Å². The summed E-state index contributed by atoms with van der Waals surface area (Å²) >= 11 is 0. The first-order valence-corrected chi connectivity index (χ1v) is 6.77. The van der Waals surface area contributed by atoms with Gasteiger partial charge in [0.2, 0.25) is 0 Å². The first kappa shape index (κ1) is 12.4. The summed E-state index contributed by atoms with van der Waals surface area (Å²) < 4.78 is 0. The number of nitrogens with zero attached hydrogens (tertiary/aromatic N) is 2. The Morgan fingerprint density at radius 1 is 1.11 bits per heavy atom. The predicted octanol–water partition coefficient (Wildman–Crippen LogP) is 2.21. The summed E-state index contributed by atoms with van der Waals surface area (Å²) in [6.45, 7) is 0.877. The summed E-state index contributed by atoms with van der Waals surface area (Å²) in [6, 6.07) is 10.7. The predicted molar refractivity (Wildman–Crippen MR) is 72.3 cm³/mol. The van der Waals surface area contributed by atoms with Crippen molar-refractivity contribution in [1.82, 2.24) is 4.90 Å². The van der Waals surface area contributed by atoms with E-state index in [0.717, 1.165) is 12.3 Å². The number of carbonyl (C=O) groups is 1. The van der Waals surface area contributed by atoms with Gasteiger partial charge in [0.1, 0.15) is 5.78 Å². The highest BCUT2D eigenvalue weighted by molar-refractivity contribution is 5.90. The third-order valence-electron chi connectivity index (χ3n) is 4.16. The highest BCUT2D eigenvalue weighted by atomic mass is 16.4. The van der Waals surface area contributed by atoms with Crippen LogP contribution in [0.1, 0.15) is 31.2 Å². The molecule has 2 unspecified atom stereocenters. The fraction of sp³-hybridized carbons (Fsp3) is 0.467. The molecule has 2 aliphatic rings. The van der Waals surface area contributed by atoms with Crippen molar-refractivity contribution < 1.29 is 10.0 Å². The molecular weight excluding hydrogens is 240 g/mol. The van der Waals surface area contributed by atoms with Crippen molar-refractivity contribution in [2.24, 2.45) is 5.16 Å². The zero-order chi connectivity index (χ0) is 13.2. The lowest BCUT2D eigenvalue weighted by Crippen LogP contribution is -2.54. The molecule has 1 N–H and O–H groups in total. The third-order valence-corrected chi connectivity index (χ3v) is 4.16. The average Bonchev–Trinajstić information content (AvgIpc) is 2.40. The maximum Gasteiger partial charge on any atom is 0.136 e. The van der Waals surface area contributed by atoms with E-state index < -0.39 is 0 Å². The summed E-state index contributed by atoms with van der Waals surface area (Å²) in [5.41, 5.74) is 2.11. The molecule has 2 bridgehead atoms. The largest absolute Gasteiger partial charge is 0.411 e. The van der Waals surface area contributed by atoms with Crippen molar-refractivity contribution in [1.29, 1.82) is 0 Å². The van der Waals surface area contributed by atoms with Crippen LogP contribution in [0.4, 0.5) is 0 Å². The van der Waals surface area contributed by atoms with Gasteiger partial charge < -0.3 is 5.21 Å².